The van der Waals surface area contributed by atoms with E-state index in [1.54, 1.807) is 25.7 Å². The summed E-state index contributed by atoms with van der Waals surface area (Å²) >= 11 is 0. The molecule has 0 aliphatic heterocycles. The normalized spacial score (nSPS) is 29.1. The number of hydrogen-bond acceptors (Lipinski definition) is 1. The Morgan fingerprint density at radius 1 is 0.889 bits per heavy atom. The number of aliphatic hydroxyl groups excluding tert-OH is 1. The molecule has 1 nitrogen and oxygen atoms in total. The Bertz CT molecular complexity index is 235. The molecule has 0 aromatic heterocycles. The Morgan fingerprint density at radius 3 is 1.78 bits per heavy atom. The van der Waals surface area contributed by atoms with E-state index in [2.05, 4.69) is 6.92 Å². The molecular formula is C15H26F2O. The van der Waals surface area contributed by atoms with Crippen LogP contribution in [0.25, 0.3) is 0 Å². The van der Waals surface area contributed by atoms with Crippen molar-refractivity contribution in [1.82, 2.24) is 0 Å². The van der Waals surface area contributed by atoms with Crippen molar-refractivity contribution in [3.05, 3.63) is 12.3 Å². The molecule has 3 heteroatoms. The topological polar surface area (TPSA) is 20.2 Å². The minimum atomic E-state index is -2.06. The van der Waals surface area contributed by atoms with E-state index in [9.17, 15) is 8.78 Å². The summed E-state index contributed by atoms with van der Waals surface area (Å²) in [5.41, 5.74) is 0. The fourth-order valence-electron chi connectivity index (χ4n) is 3.36. The number of hydrogen-bond donors (Lipinski definition) is 1. The van der Waals surface area contributed by atoms with Crippen molar-refractivity contribution in [2.24, 2.45) is 17.8 Å². The van der Waals surface area contributed by atoms with Crippen LogP contribution >= 0.6 is 0 Å². The molecule has 2 saturated carbocycles. The molecule has 0 heterocycles. The van der Waals surface area contributed by atoms with Gasteiger partial charge in [-0.05, 0) is 30.6 Å². The van der Waals surface area contributed by atoms with Crippen molar-refractivity contribution in [1.29, 1.82) is 0 Å². The van der Waals surface area contributed by atoms with Crippen LogP contribution in [-0.4, -0.2) is 5.11 Å². The van der Waals surface area contributed by atoms with E-state index < -0.39 is 6.08 Å². The molecule has 2 fully saturated rings. The summed E-state index contributed by atoms with van der Waals surface area (Å²) in [6.07, 6.45) is 11.5. The molecule has 2 aliphatic carbocycles. The van der Waals surface area contributed by atoms with Crippen molar-refractivity contribution in [2.45, 2.75) is 64.7 Å². The molecule has 2 aliphatic rings. The van der Waals surface area contributed by atoms with Crippen LogP contribution in [0, 0.1) is 17.8 Å². The maximum Gasteiger partial charge on any atom is 0.304 e. The minimum absolute atomic E-state index is 0.250. The van der Waals surface area contributed by atoms with E-state index in [1.165, 1.54) is 32.1 Å². The third-order valence-corrected chi connectivity index (χ3v) is 4.47. The molecular weight excluding hydrogens is 234 g/mol. The van der Waals surface area contributed by atoms with E-state index in [1.807, 2.05) is 0 Å². The lowest BCUT2D eigenvalue weighted by atomic mass is 9.71. The third kappa shape index (κ3) is 5.83. The van der Waals surface area contributed by atoms with E-state index in [0.717, 1.165) is 17.8 Å². The first-order chi connectivity index (χ1) is 8.63. The van der Waals surface area contributed by atoms with E-state index in [-0.39, 0.29) is 6.26 Å². The van der Waals surface area contributed by atoms with Crippen LogP contribution in [0.1, 0.15) is 64.7 Å². The molecule has 0 unspecified atom stereocenters. The first-order valence-corrected chi connectivity index (χ1v) is 7.29. The average molecular weight is 260 g/mol. The molecule has 2 rings (SSSR count). The Morgan fingerprint density at radius 2 is 1.33 bits per heavy atom. The fraction of sp³-hybridized carbons (Fsp3) is 0.867. The number of halogens is 2. The van der Waals surface area contributed by atoms with E-state index in [0.29, 0.717) is 0 Å². The highest BCUT2D eigenvalue weighted by Gasteiger charge is 2.26. The van der Waals surface area contributed by atoms with E-state index in [4.69, 9.17) is 5.11 Å². The second-order valence-electron chi connectivity index (χ2n) is 5.84. The molecule has 0 radical (unpaired) electrons. The van der Waals surface area contributed by atoms with Gasteiger partial charge in [-0.25, -0.2) is 0 Å². The zero-order valence-corrected chi connectivity index (χ0v) is 11.4. The zero-order valence-electron chi connectivity index (χ0n) is 11.4. The molecule has 0 bridgehead atoms. The smallest absolute Gasteiger partial charge is 0.304 e. The van der Waals surface area contributed by atoms with Gasteiger partial charge in [0.05, 0.1) is 0 Å². The molecule has 0 aromatic rings. The van der Waals surface area contributed by atoms with Crippen LogP contribution in [0.5, 0.6) is 0 Å². The van der Waals surface area contributed by atoms with Gasteiger partial charge in [-0.3, -0.25) is 0 Å². The Balaban J connectivity index is 0.000000280. The highest BCUT2D eigenvalue weighted by atomic mass is 19.3. The maximum atomic E-state index is 10.4. The van der Waals surface area contributed by atoms with Gasteiger partial charge in [0.1, 0.15) is 6.26 Å². The summed E-state index contributed by atoms with van der Waals surface area (Å²) in [5, 5.41) is 7.23. The van der Waals surface area contributed by atoms with Crippen LogP contribution in [0.2, 0.25) is 0 Å². The first-order valence-electron chi connectivity index (χ1n) is 7.29. The Hall–Kier alpha value is -0.600. The quantitative estimate of drug-likeness (QED) is 0.602. The fourth-order valence-corrected chi connectivity index (χ4v) is 3.36. The van der Waals surface area contributed by atoms with Crippen LogP contribution in [-0.2, 0) is 0 Å². The van der Waals surface area contributed by atoms with Gasteiger partial charge in [0.25, 0.3) is 0 Å². The first kappa shape index (κ1) is 15.5. The lowest BCUT2D eigenvalue weighted by molar-refractivity contribution is 0.173. The molecule has 0 spiro atoms. The summed E-state index contributed by atoms with van der Waals surface area (Å²) in [7, 11) is 0. The third-order valence-electron chi connectivity index (χ3n) is 4.47. The van der Waals surface area contributed by atoms with Crippen LogP contribution < -0.4 is 0 Å². The van der Waals surface area contributed by atoms with Gasteiger partial charge in [-0.1, -0.05) is 51.9 Å². The predicted octanol–water partition coefficient (Wildman–Crippen LogP) is 5.68. The van der Waals surface area contributed by atoms with E-state index >= 15 is 0 Å². The highest BCUT2D eigenvalue weighted by Crippen LogP contribution is 2.39. The second kappa shape index (κ2) is 8.49. The standard InChI is InChI=1S/C13H24.C2H2F2O/c1-11-7-9-13(10-8-11)12-5-3-2-4-6-12;3-2(4)1-5/h11-13H,2-10H2,1H3;1,5H. The minimum Gasteiger partial charge on any atom is -0.510 e. The van der Waals surface area contributed by atoms with Crippen molar-refractivity contribution < 1.29 is 13.9 Å². The van der Waals surface area contributed by atoms with Crippen LogP contribution in [0.3, 0.4) is 0 Å². The van der Waals surface area contributed by atoms with Gasteiger partial charge >= 0.3 is 6.08 Å². The lowest BCUT2D eigenvalue weighted by Gasteiger charge is -2.34. The average Bonchev–Trinajstić information content (AvgIpc) is 2.41. The largest absolute Gasteiger partial charge is 0.510 e. The molecule has 18 heavy (non-hydrogen) atoms. The molecule has 0 aromatic carbocycles. The van der Waals surface area contributed by atoms with Crippen molar-refractivity contribution in [3.8, 4) is 0 Å². The van der Waals surface area contributed by atoms with Crippen LogP contribution in [0.4, 0.5) is 8.78 Å². The lowest BCUT2D eigenvalue weighted by Crippen LogP contribution is -2.22. The molecule has 1 N–H and O–H groups in total. The molecule has 0 saturated heterocycles. The van der Waals surface area contributed by atoms with Crippen molar-refractivity contribution >= 4 is 0 Å². The Labute approximate surface area is 109 Å². The van der Waals surface area contributed by atoms with Gasteiger partial charge in [-0.2, -0.15) is 8.78 Å². The maximum absolute atomic E-state index is 10.4. The highest BCUT2D eigenvalue weighted by molar-refractivity contribution is 4.78. The van der Waals surface area contributed by atoms with Gasteiger partial charge < -0.3 is 5.11 Å². The summed E-state index contributed by atoms with van der Waals surface area (Å²) in [6.45, 7) is 2.43. The summed E-state index contributed by atoms with van der Waals surface area (Å²) in [5.74, 6) is 3.28. The SMILES string of the molecule is CC1CCC(C2CCCCC2)CC1.OC=C(F)F. The van der Waals surface area contributed by atoms with Gasteiger partial charge in [0.15, 0.2) is 0 Å². The summed E-state index contributed by atoms with van der Waals surface area (Å²) in [6, 6.07) is 0. The molecule has 106 valence electrons. The van der Waals surface area contributed by atoms with Gasteiger partial charge in [-0.15, -0.1) is 0 Å². The zero-order chi connectivity index (χ0) is 13.4. The molecule has 0 amide bonds. The summed E-state index contributed by atoms with van der Waals surface area (Å²) in [4.78, 5) is 0. The molecule has 0 atom stereocenters. The van der Waals surface area contributed by atoms with Crippen molar-refractivity contribution in [3.63, 3.8) is 0 Å². The monoisotopic (exact) mass is 260 g/mol. The summed E-state index contributed by atoms with van der Waals surface area (Å²) < 4.78 is 20.8. The number of rotatable bonds is 1. The van der Waals surface area contributed by atoms with Gasteiger partial charge in [0.2, 0.25) is 0 Å². The number of aliphatic hydroxyl groups is 1. The second-order valence-corrected chi connectivity index (χ2v) is 5.84. The van der Waals surface area contributed by atoms with Crippen LogP contribution in [0.15, 0.2) is 12.3 Å². The van der Waals surface area contributed by atoms with Gasteiger partial charge in [0, 0.05) is 0 Å². The van der Waals surface area contributed by atoms with Crippen molar-refractivity contribution in [2.75, 3.05) is 0 Å². The predicted molar refractivity (Wildman–Crippen MR) is 70.6 cm³/mol. The Kier molecular flexibility index (Phi) is 7.29.